The fourth-order valence-corrected chi connectivity index (χ4v) is 5.10. The summed E-state index contributed by atoms with van der Waals surface area (Å²) in [5.41, 5.74) is 0.730. The van der Waals surface area contributed by atoms with Crippen molar-refractivity contribution in [2.24, 2.45) is 0 Å². The summed E-state index contributed by atoms with van der Waals surface area (Å²) in [6, 6.07) is 22.2. The molecule has 168 valence electrons. The van der Waals surface area contributed by atoms with Crippen LogP contribution in [-0.4, -0.2) is 26.4 Å². The van der Waals surface area contributed by atoms with E-state index < -0.39 is 28.0 Å². The summed E-state index contributed by atoms with van der Waals surface area (Å²) in [5, 5.41) is 3.44. The topological polar surface area (TPSA) is 66.5 Å². The highest BCUT2D eigenvalue weighted by molar-refractivity contribution is 7.92. The first-order valence-electron chi connectivity index (χ1n) is 9.96. The van der Waals surface area contributed by atoms with Crippen LogP contribution in [0.1, 0.15) is 19.4 Å². The lowest BCUT2D eigenvalue weighted by Crippen LogP contribution is -2.50. The van der Waals surface area contributed by atoms with E-state index in [1.165, 1.54) is 30.3 Å². The zero-order valence-corrected chi connectivity index (χ0v) is 20.1. The molecule has 0 aliphatic carbocycles. The van der Waals surface area contributed by atoms with E-state index in [0.29, 0.717) is 11.4 Å². The Labute approximate surface area is 199 Å². The minimum Gasteiger partial charge on any atom is -0.349 e. The molecule has 0 bridgehead atoms. The Morgan fingerprint density at radius 2 is 1.50 bits per heavy atom. The number of nitrogens with zero attached hydrogens (tertiary/aromatic N) is 1. The zero-order valence-electron chi connectivity index (χ0n) is 17.8. The normalized spacial score (nSPS) is 11.8. The second-order valence-corrected chi connectivity index (χ2v) is 10.7. The number of nitrogens with one attached hydrogen (secondary N) is 1. The van der Waals surface area contributed by atoms with Crippen LogP contribution in [0.15, 0.2) is 83.8 Å². The zero-order chi connectivity index (χ0) is 23.4. The number of rotatable bonds is 8. The van der Waals surface area contributed by atoms with E-state index in [1.54, 1.807) is 18.2 Å². The number of sulfonamides is 1. The molecule has 32 heavy (non-hydrogen) atoms. The molecule has 1 N–H and O–H groups in total. The van der Waals surface area contributed by atoms with Gasteiger partial charge in [-0.25, -0.2) is 8.42 Å². The Morgan fingerprint density at radius 1 is 0.906 bits per heavy atom. The Hall–Kier alpha value is -2.54. The van der Waals surface area contributed by atoms with Crippen LogP contribution in [0.2, 0.25) is 10.0 Å². The van der Waals surface area contributed by atoms with E-state index in [9.17, 15) is 13.2 Å². The van der Waals surface area contributed by atoms with Gasteiger partial charge in [-0.3, -0.25) is 9.10 Å². The third-order valence-electron chi connectivity index (χ3n) is 4.78. The fraction of sp³-hybridized carbons (Fsp3) is 0.208. The second kappa shape index (κ2) is 9.94. The fourth-order valence-electron chi connectivity index (χ4n) is 3.37. The van der Waals surface area contributed by atoms with Gasteiger partial charge < -0.3 is 5.32 Å². The number of hydrogen-bond acceptors (Lipinski definition) is 3. The maximum atomic E-state index is 13.4. The van der Waals surface area contributed by atoms with Crippen molar-refractivity contribution in [1.29, 1.82) is 0 Å². The van der Waals surface area contributed by atoms with Crippen molar-refractivity contribution in [3.8, 4) is 0 Å². The van der Waals surface area contributed by atoms with Gasteiger partial charge >= 0.3 is 0 Å². The van der Waals surface area contributed by atoms with Crippen molar-refractivity contribution in [2.75, 3.05) is 10.8 Å². The summed E-state index contributed by atoms with van der Waals surface area (Å²) in [6.07, 6.45) is 0.595. The number of halogens is 2. The van der Waals surface area contributed by atoms with Crippen LogP contribution in [0.3, 0.4) is 0 Å². The molecule has 0 saturated carbocycles. The van der Waals surface area contributed by atoms with E-state index in [0.717, 1.165) is 9.87 Å². The maximum Gasteiger partial charge on any atom is 0.264 e. The third-order valence-corrected chi connectivity index (χ3v) is 7.30. The molecule has 8 heteroatoms. The van der Waals surface area contributed by atoms with Crippen molar-refractivity contribution in [1.82, 2.24) is 5.32 Å². The molecule has 3 rings (SSSR count). The van der Waals surface area contributed by atoms with E-state index in [1.807, 2.05) is 44.2 Å². The minimum atomic E-state index is -4.02. The van der Waals surface area contributed by atoms with E-state index in [2.05, 4.69) is 5.32 Å². The number of benzene rings is 3. The van der Waals surface area contributed by atoms with Crippen LogP contribution >= 0.6 is 23.2 Å². The molecule has 3 aromatic carbocycles. The van der Waals surface area contributed by atoms with Gasteiger partial charge in [0.1, 0.15) is 6.54 Å². The molecule has 1 amide bonds. The highest BCUT2D eigenvalue weighted by Crippen LogP contribution is 2.30. The molecule has 0 heterocycles. The lowest BCUT2D eigenvalue weighted by Gasteiger charge is -2.29. The molecule has 5 nitrogen and oxygen atoms in total. The Balaban J connectivity index is 1.88. The molecule has 0 aliphatic rings. The van der Waals surface area contributed by atoms with Crippen LogP contribution in [0.25, 0.3) is 0 Å². The summed E-state index contributed by atoms with van der Waals surface area (Å²) >= 11 is 12.1. The minimum absolute atomic E-state index is 0.0717. The summed E-state index contributed by atoms with van der Waals surface area (Å²) in [5.74, 6) is -0.434. The molecule has 0 atom stereocenters. The van der Waals surface area contributed by atoms with Gasteiger partial charge in [-0.15, -0.1) is 0 Å². The molecule has 0 saturated heterocycles. The standard InChI is InChI=1S/C24H24Cl2N2O3S/c1-24(2,16-18-9-5-3-6-10-18)27-23(29)17-28(19-13-14-21(25)22(26)15-19)32(30,31)20-11-7-4-8-12-20/h3-15H,16-17H2,1-2H3,(H,27,29). The average molecular weight is 491 g/mol. The van der Waals surface area contributed by atoms with Crippen molar-refractivity contribution in [2.45, 2.75) is 30.7 Å². The van der Waals surface area contributed by atoms with Crippen molar-refractivity contribution in [3.05, 3.63) is 94.5 Å². The molecular formula is C24H24Cl2N2O3S. The smallest absolute Gasteiger partial charge is 0.264 e. The highest BCUT2D eigenvalue weighted by atomic mass is 35.5. The Kier molecular flexibility index (Phi) is 7.49. The first-order chi connectivity index (χ1) is 15.1. The Morgan fingerprint density at radius 3 is 2.09 bits per heavy atom. The number of carbonyl (C=O) groups is 1. The van der Waals surface area contributed by atoms with E-state index in [4.69, 9.17) is 23.2 Å². The summed E-state index contributed by atoms with van der Waals surface area (Å²) in [4.78, 5) is 13.1. The third kappa shape index (κ3) is 6.03. The number of hydrogen-bond donors (Lipinski definition) is 1. The quantitative estimate of drug-likeness (QED) is 0.464. The molecule has 0 radical (unpaired) electrons. The van der Waals surface area contributed by atoms with Crippen LogP contribution in [0.5, 0.6) is 0 Å². The lowest BCUT2D eigenvalue weighted by molar-refractivity contribution is -0.121. The van der Waals surface area contributed by atoms with Gasteiger partial charge in [-0.1, -0.05) is 71.7 Å². The van der Waals surface area contributed by atoms with Gasteiger partial charge in [0, 0.05) is 5.54 Å². The average Bonchev–Trinajstić information content (AvgIpc) is 2.74. The first-order valence-corrected chi connectivity index (χ1v) is 12.2. The van der Waals surface area contributed by atoms with E-state index in [-0.39, 0.29) is 15.6 Å². The Bertz CT molecular complexity index is 1180. The monoisotopic (exact) mass is 490 g/mol. The van der Waals surface area contributed by atoms with Crippen LogP contribution < -0.4 is 9.62 Å². The number of carbonyl (C=O) groups excluding carboxylic acids is 1. The summed E-state index contributed by atoms with van der Waals surface area (Å²) in [7, 11) is -4.02. The van der Waals surface area contributed by atoms with Crippen molar-refractivity contribution >= 4 is 44.8 Å². The maximum absolute atomic E-state index is 13.4. The van der Waals surface area contributed by atoms with Crippen molar-refractivity contribution < 1.29 is 13.2 Å². The molecule has 0 fully saturated rings. The van der Waals surface area contributed by atoms with Crippen LogP contribution in [0.4, 0.5) is 5.69 Å². The predicted octanol–water partition coefficient (Wildman–Crippen LogP) is 5.33. The predicted molar refractivity (Wildman–Crippen MR) is 130 cm³/mol. The molecule has 0 spiro atoms. The van der Waals surface area contributed by atoms with E-state index >= 15 is 0 Å². The first kappa shape index (κ1) is 24.1. The molecule has 0 aliphatic heterocycles. The van der Waals surface area contributed by atoms with Crippen molar-refractivity contribution in [3.63, 3.8) is 0 Å². The van der Waals surface area contributed by atoms with Gasteiger partial charge in [-0.2, -0.15) is 0 Å². The largest absolute Gasteiger partial charge is 0.349 e. The van der Waals surface area contributed by atoms with Gasteiger partial charge in [0.15, 0.2) is 0 Å². The molecule has 0 aromatic heterocycles. The lowest BCUT2D eigenvalue weighted by atomic mass is 9.95. The SMILES string of the molecule is CC(C)(Cc1ccccc1)NC(=O)CN(c1ccc(Cl)c(Cl)c1)S(=O)(=O)c1ccccc1. The second-order valence-electron chi connectivity index (χ2n) is 8.02. The van der Waals surface area contributed by atoms with Gasteiger partial charge in [0.25, 0.3) is 10.0 Å². The highest BCUT2D eigenvalue weighted by Gasteiger charge is 2.29. The summed E-state index contributed by atoms with van der Waals surface area (Å²) < 4.78 is 27.8. The molecule has 0 unspecified atom stereocenters. The van der Waals surface area contributed by atoms with Gasteiger partial charge in [0.05, 0.1) is 20.6 Å². The van der Waals surface area contributed by atoms with Crippen LogP contribution in [-0.2, 0) is 21.2 Å². The molecule has 3 aromatic rings. The molecular weight excluding hydrogens is 467 g/mol. The summed E-state index contributed by atoms with van der Waals surface area (Å²) in [6.45, 7) is 3.38. The van der Waals surface area contributed by atoms with Crippen LogP contribution in [0, 0.1) is 0 Å². The number of amides is 1. The number of anilines is 1. The van der Waals surface area contributed by atoms with Gasteiger partial charge in [-0.05, 0) is 56.2 Å². The van der Waals surface area contributed by atoms with Gasteiger partial charge in [0.2, 0.25) is 5.91 Å².